The zero-order valence-electron chi connectivity index (χ0n) is 8.45. The van der Waals surface area contributed by atoms with Gasteiger partial charge in [-0.05, 0) is 24.3 Å². The van der Waals surface area contributed by atoms with Crippen LogP contribution < -0.4 is 14.7 Å². The van der Waals surface area contributed by atoms with Gasteiger partial charge in [0.25, 0.3) is 0 Å². The van der Waals surface area contributed by atoms with E-state index in [0.717, 1.165) is 0 Å². The first-order chi connectivity index (χ1) is 7.68. The van der Waals surface area contributed by atoms with Crippen molar-refractivity contribution in [2.45, 2.75) is 0 Å². The Morgan fingerprint density at radius 3 is 1.94 bits per heavy atom. The summed E-state index contributed by atoms with van der Waals surface area (Å²) in [4.78, 5) is 11.8. The van der Waals surface area contributed by atoms with Crippen LogP contribution in [0.25, 0.3) is 0 Å². The van der Waals surface area contributed by atoms with Gasteiger partial charge in [0.1, 0.15) is 5.75 Å². The first-order valence-electron chi connectivity index (χ1n) is 4.80. The lowest BCUT2D eigenvalue weighted by Crippen LogP contribution is -2.19. The van der Waals surface area contributed by atoms with Gasteiger partial charge < -0.3 is 9.42 Å². The summed E-state index contributed by atoms with van der Waals surface area (Å²) in [5.41, 5.74) is 0. The van der Waals surface area contributed by atoms with Crippen molar-refractivity contribution < 1.29 is 14.0 Å². The molecule has 2 rings (SSSR count). The summed E-state index contributed by atoms with van der Waals surface area (Å²) < 4.78 is 16.8. The van der Waals surface area contributed by atoms with Crippen LogP contribution in [0.4, 0.5) is 0 Å². The molecule has 0 aliphatic heterocycles. The lowest BCUT2D eigenvalue weighted by Gasteiger charge is -2.24. The Bertz CT molecular complexity index is 496. The average molecular weight is 233 g/mol. The molecule has 0 fully saturated rings. The Balaban J connectivity index is 2.25. The molecule has 0 bridgehead atoms. The van der Waals surface area contributed by atoms with E-state index < -0.39 is 7.60 Å². The van der Waals surface area contributed by atoms with Crippen LogP contribution in [0.1, 0.15) is 0 Å². The Kier molecular flexibility index (Phi) is 3.09. The smallest absolute Gasteiger partial charge is 0.214 e. The first-order valence-corrected chi connectivity index (χ1v) is 6.34. The Labute approximate surface area is 93.9 Å². The highest BCUT2D eigenvalue weighted by Crippen LogP contribution is 2.36. The van der Waals surface area contributed by atoms with Crippen molar-refractivity contribution in [1.29, 1.82) is 0 Å². The van der Waals surface area contributed by atoms with Crippen LogP contribution in [-0.2, 0) is 4.57 Å². The molecule has 0 amide bonds. The SMILES string of the molecule is O=P([O-])(Oc1ccccc1)c1ccccc1. The largest absolute Gasteiger partial charge is 0.765 e. The maximum atomic E-state index is 11.8. The zero-order valence-corrected chi connectivity index (χ0v) is 9.34. The van der Waals surface area contributed by atoms with E-state index in [1.165, 1.54) is 12.1 Å². The molecule has 0 aromatic heterocycles. The van der Waals surface area contributed by atoms with Crippen molar-refractivity contribution in [3.8, 4) is 5.75 Å². The van der Waals surface area contributed by atoms with Gasteiger partial charge in [0.2, 0.25) is 7.60 Å². The van der Waals surface area contributed by atoms with E-state index in [4.69, 9.17) is 4.52 Å². The minimum Gasteiger partial charge on any atom is -0.765 e. The third-order valence-corrected chi connectivity index (χ3v) is 3.42. The topological polar surface area (TPSA) is 49.4 Å². The minimum absolute atomic E-state index is 0.179. The van der Waals surface area contributed by atoms with E-state index in [0.29, 0.717) is 5.75 Å². The lowest BCUT2D eigenvalue weighted by molar-refractivity contribution is -0.186. The molecule has 0 aliphatic carbocycles. The summed E-state index contributed by atoms with van der Waals surface area (Å²) >= 11 is 0. The standard InChI is InChI=1S/C12H11O3P/c13-16(14,12-9-5-2-6-10-12)15-11-7-3-1-4-8-11/h1-10H,(H,13,14)/p-1. The van der Waals surface area contributed by atoms with Crippen molar-refractivity contribution in [2.75, 3.05) is 0 Å². The molecule has 0 spiro atoms. The van der Waals surface area contributed by atoms with Crippen LogP contribution in [0.5, 0.6) is 5.75 Å². The van der Waals surface area contributed by atoms with Crippen LogP contribution in [0, 0.1) is 0 Å². The van der Waals surface area contributed by atoms with Crippen molar-refractivity contribution in [1.82, 2.24) is 0 Å². The molecule has 1 atom stereocenters. The number of rotatable bonds is 3. The van der Waals surface area contributed by atoms with Crippen LogP contribution >= 0.6 is 7.60 Å². The molecule has 2 aromatic carbocycles. The number of benzene rings is 2. The monoisotopic (exact) mass is 233 g/mol. The number of hydrogen-bond acceptors (Lipinski definition) is 3. The number of para-hydroxylation sites is 1. The van der Waals surface area contributed by atoms with Crippen LogP contribution in [0.15, 0.2) is 60.7 Å². The lowest BCUT2D eigenvalue weighted by atomic mass is 10.3. The van der Waals surface area contributed by atoms with Crippen molar-refractivity contribution in [2.24, 2.45) is 0 Å². The second-order valence-corrected chi connectivity index (χ2v) is 4.93. The summed E-state index contributed by atoms with van der Waals surface area (Å²) in [5.74, 6) is 0.324. The maximum Gasteiger partial charge on any atom is 0.214 e. The molecule has 16 heavy (non-hydrogen) atoms. The van der Waals surface area contributed by atoms with E-state index in [-0.39, 0.29) is 5.30 Å². The summed E-state index contributed by atoms with van der Waals surface area (Å²) in [7, 11) is -4.02. The van der Waals surface area contributed by atoms with Gasteiger partial charge in [0.15, 0.2) is 0 Å². The molecule has 0 radical (unpaired) electrons. The summed E-state index contributed by atoms with van der Waals surface area (Å²) in [6, 6.07) is 16.6. The molecular weight excluding hydrogens is 223 g/mol. The normalized spacial score (nSPS) is 14.1. The van der Waals surface area contributed by atoms with Crippen LogP contribution in [0.2, 0.25) is 0 Å². The second-order valence-electron chi connectivity index (χ2n) is 3.24. The Morgan fingerprint density at radius 1 is 0.875 bits per heavy atom. The van der Waals surface area contributed by atoms with E-state index >= 15 is 0 Å². The molecule has 2 aromatic rings. The summed E-state index contributed by atoms with van der Waals surface area (Å²) in [5, 5.41) is 0.179. The molecular formula is C12H10O3P-. The third kappa shape index (κ3) is 2.51. The second kappa shape index (κ2) is 4.52. The maximum absolute atomic E-state index is 11.8. The van der Waals surface area contributed by atoms with Gasteiger partial charge in [-0.15, -0.1) is 0 Å². The highest BCUT2D eigenvalue weighted by Gasteiger charge is 2.12. The van der Waals surface area contributed by atoms with Gasteiger partial charge in [0.05, 0.1) is 0 Å². The minimum atomic E-state index is -4.02. The first kappa shape index (κ1) is 10.9. The predicted molar refractivity (Wildman–Crippen MR) is 60.8 cm³/mol. The Hall–Kier alpha value is -1.57. The van der Waals surface area contributed by atoms with Crippen LogP contribution in [-0.4, -0.2) is 0 Å². The fraction of sp³-hybridized carbons (Fsp3) is 0. The van der Waals surface area contributed by atoms with Gasteiger partial charge in [0, 0.05) is 5.30 Å². The molecule has 4 heteroatoms. The molecule has 3 nitrogen and oxygen atoms in total. The van der Waals surface area contributed by atoms with E-state index in [1.54, 1.807) is 48.5 Å². The molecule has 0 N–H and O–H groups in total. The quantitative estimate of drug-likeness (QED) is 0.761. The van der Waals surface area contributed by atoms with Gasteiger partial charge in [-0.25, -0.2) is 0 Å². The van der Waals surface area contributed by atoms with E-state index in [9.17, 15) is 9.46 Å². The zero-order chi connectivity index (χ0) is 11.4. The predicted octanol–water partition coefficient (Wildman–Crippen LogP) is 1.94. The fourth-order valence-corrected chi connectivity index (χ4v) is 2.33. The average Bonchev–Trinajstić information content (AvgIpc) is 2.31. The molecule has 0 heterocycles. The van der Waals surface area contributed by atoms with Gasteiger partial charge in [-0.2, -0.15) is 0 Å². The van der Waals surface area contributed by atoms with Crippen molar-refractivity contribution >= 4 is 12.9 Å². The van der Waals surface area contributed by atoms with Gasteiger partial charge >= 0.3 is 0 Å². The van der Waals surface area contributed by atoms with Gasteiger partial charge in [-0.3, -0.25) is 4.57 Å². The molecule has 0 saturated carbocycles. The van der Waals surface area contributed by atoms with Crippen LogP contribution in [0.3, 0.4) is 0 Å². The molecule has 0 aliphatic rings. The van der Waals surface area contributed by atoms with Gasteiger partial charge in [-0.1, -0.05) is 36.4 Å². The van der Waals surface area contributed by atoms with Crippen molar-refractivity contribution in [3.05, 3.63) is 60.7 Å². The van der Waals surface area contributed by atoms with E-state index in [2.05, 4.69) is 0 Å². The molecule has 0 saturated heterocycles. The summed E-state index contributed by atoms with van der Waals surface area (Å²) in [6.07, 6.45) is 0. The third-order valence-electron chi connectivity index (χ3n) is 2.04. The molecule has 82 valence electrons. The highest BCUT2D eigenvalue weighted by molar-refractivity contribution is 7.60. The van der Waals surface area contributed by atoms with E-state index in [1.807, 2.05) is 0 Å². The highest BCUT2D eigenvalue weighted by atomic mass is 31.2. The molecule has 1 unspecified atom stereocenters. The Morgan fingerprint density at radius 2 is 1.38 bits per heavy atom. The fourth-order valence-electron chi connectivity index (χ4n) is 1.28. The summed E-state index contributed by atoms with van der Waals surface area (Å²) in [6.45, 7) is 0. The van der Waals surface area contributed by atoms with Crippen molar-refractivity contribution in [3.63, 3.8) is 0 Å². The number of hydrogen-bond donors (Lipinski definition) is 0.